The molecular formula is C24H34Cl6N6OP+. The van der Waals surface area contributed by atoms with Crippen LogP contribution in [0.1, 0.15) is 38.5 Å². The van der Waals surface area contributed by atoms with Crippen LogP contribution in [0.15, 0.2) is 24.3 Å². The molecule has 2 aromatic rings. The van der Waals surface area contributed by atoms with Gasteiger partial charge in [0.2, 0.25) is 0 Å². The maximum absolute atomic E-state index is 6.94. The topological polar surface area (TPSA) is 49.7 Å². The van der Waals surface area contributed by atoms with E-state index in [0.29, 0.717) is 0 Å². The summed E-state index contributed by atoms with van der Waals surface area (Å²) in [5.41, 5.74) is 1.87. The van der Waals surface area contributed by atoms with Gasteiger partial charge in [-0.05, 0) is 60.7 Å². The average Bonchev–Trinajstić information content (AvgIpc) is 3.77. The van der Waals surface area contributed by atoms with Gasteiger partial charge in [0.25, 0.3) is 0 Å². The zero-order valence-corrected chi connectivity index (χ0v) is 26.5. The lowest BCUT2D eigenvalue weighted by Gasteiger charge is -2.39. The third-order valence-electron chi connectivity index (χ3n) is 7.69. The van der Waals surface area contributed by atoms with E-state index in [1.165, 1.54) is 38.5 Å². The van der Waals surface area contributed by atoms with Gasteiger partial charge >= 0.3 is 7.94 Å². The maximum Gasteiger partial charge on any atom is 0.451 e. The Kier molecular flexibility index (Phi) is 10.4. The molecule has 3 saturated heterocycles. The third kappa shape index (κ3) is 5.86. The first-order chi connectivity index (χ1) is 18.3. The summed E-state index contributed by atoms with van der Waals surface area (Å²) in [5, 5.41) is 6.10. The van der Waals surface area contributed by atoms with Crippen molar-refractivity contribution in [1.82, 2.24) is 29.2 Å². The second kappa shape index (κ2) is 13.2. The fraction of sp³-hybridized carbons (Fsp3) is 0.750. The van der Waals surface area contributed by atoms with E-state index in [-0.39, 0.29) is 0 Å². The van der Waals surface area contributed by atoms with E-state index in [2.05, 4.69) is 30.4 Å². The van der Waals surface area contributed by atoms with Gasteiger partial charge in [0, 0.05) is 39.3 Å². The average molecular weight is 666 g/mol. The molecule has 0 N–H and O–H groups in total. The summed E-state index contributed by atoms with van der Waals surface area (Å²) in [5.74, 6) is 0. The molecule has 1 saturated carbocycles. The van der Waals surface area contributed by atoms with Crippen LogP contribution in [0.5, 0.6) is 0 Å². The number of alkyl halides is 6. The molecule has 14 heteroatoms. The molecule has 38 heavy (non-hydrogen) atoms. The number of hydrogen-bond donors (Lipinski definition) is 0. The Bertz CT molecular complexity index is 951. The summed E-state index contributed by atoms with van der Waals surface area (Å²) in [6.07, 6.45) is 7.61. The monoisotopic (exact) mass is 663 g/mol. The van der Waals surface area contributed by atoms with Gasteiger partial charge in [-0.3, -0.25) is 0 Å². The molecule has 0 spiro atoms. The Morgan fingerprint density at radius 3 is 1.37 bits per heavy atom. The van der Waals surface area contributed by atoms with Crippen molar-refractivity contribution >= 4 is 88.6 Å². The zero-order chi connectivity index (χ0) is 26.9. The van der Waals surface area contributed by atoms with E-state index in [1.54, 1.807) is 4.85 Å². The van der Waals surface area contributed by atoms with Crippen molar-refractivity contribution in [2.75, 3.05) is 39.3 Å². The van der Waals surface area contributed by atoms with Crippen molar-refractivity contribution in [3.8, 4) is 0 Å². The Balaban J connectivity index is 0.000000207. The molecule has 1 aromatic carbocycles. The van der Waals surface area contributed by atoms with Crippen molar-refractivity contribution in [3.05, 3.63) is 24.3 Å². The maximum atomic E-state index is 6.94. The van der Waals surface area contributed by atoms with E-state index in [9.17, 15) is 0 Å². The van der Waals surface area contributed by atoms with E-state index < -0.39 is 40.2 Å². The predicted molar refractivity (Wildman–Crippen MR) is 161 cm³/mol. The Morgan fingerprint density at radius 1 is 0.605 bits per heavy atom. The molecule has 3 aliphatic heterocycles. The second-order valence-corrected chi connectivity index (χ2v) is 16.1. The third-order valence-corrected chi connectivity index (χ3v) is 15.5. The molecule has 6 rings (SSSR count). The van der Waals surface area contributed by atoms with Crippen LogP contribution in [0.25, 0.3) is 11.0 Å². The summed E-state index contributed by atoms with van der Waals surface area (Å²) in [6, 6.07) is 8.10. The highest BCUT2D eigenvalue weighted by molar-refractivity contribution is 7.64. The molecule has 4 heterocycles. The van der Waals surface area contributed by atoms with Gasteiger partial charge in [-0.25, -0.2) is 0 Å². The highest BCUT2D eigenvalue weighted by Crippen LogP contribution is 2.68. The van der Waals surface area contributed by atoms with Gasteiger partial charge in [0.05, 0.1) is 32.3 Å². The van der Waals surface area contributed by atoms with E-state index in [4.69, 9.17) is 74.2 Å². The van der Waals surface area contributed by atoms with Gasteiger partial charge in [0.15, 0.2) is 0 Å². The Labute approximate surface area is 255 Å². The highest BCUT2D eigenvalue weighted by Gasteiger charge is 2.63. The number of para-hydroxylation sites is 1. The lowest BCUT2D eigenvalue weighted by Crippen LogP contribution is -2.52. The lowest BCUT2D eigenvalue weighted by molar-refractivity contribution is 0.169. The van der Waals surface area contributed by atoms with Crippen LogP contribution in [0.2, 0.25) is 0 Å². The standard InChI is InChI=1S/C18H28N6OP.C6H6Cl6/c1-2-10-18-17(9-1)19-20-24(18)25-26(21-11-3-4-12-21,22-13-5-6-14-22)23-15-7-8-16-23;7-1-2(8)4(10)6(12)5(11)3(1)9/h1-2,9-10H,3-8,11-16H2;1-6H/q+1;. The molecule has 1 aliphatic carbocycles. The van der Waals surface area contributed by atoms with Crippen molar-refractivity contribution < 1.29 is 4.62 Å². The molecule has 1 aromatic heterocycles. The largest absolute Gasteiger partial charge is 0.451 e. The van der Waals surface area contributed by atoms with Crippen molar-refractivity contribution in [3.63, 3.8) is 0 Å². The predicted octanol–water partition coefficient (Wildman–Crippen LogP) is 6.47. The normalized spacial score (nSPS) is 33.5. The first-order valence-corrected chi connectivity index (χ1v) is 17.5. The second-order valence-electron chi connectivity index (χ2n) is 10.2. The van der Waals surface area contributed by atoms with Crippen LogP contribution in [0.4, 0.5) is 0 Å². The minimum atomic E-state index is -2.07. The first kappa shape index (κ1) is 29.9. The van der Waals surface area contributed by atoms with Crippen molar-refractivity contribution in [1.29, 1.82) is 0 Å². The number of hydrogen-bond acceptors (Lipinski definition) is 6. The van der Waals surface area contributed by atoms with Crippen molar-refractivity contribution in [2.24, 2.45) is 0 Å². The number of nitrogens with zero attached hydrogens (tertiary/aromatic N) is 6. The molecular weight excluding hydrogens is 632 g/mol. The zero-order valence-electron chi connectivity index (χ0n) is 21.1. The molecule has 212 valence electrons. The summed E-state index contributed by atoms with van der Waals surface area (Å²) in [4.78, 5) is 1.72. The van der Waals surface area contributed by atoms with Crippen LogP contribution in [0, 0.1) is 0 Å². The summed E-state index contributed by atoms with van der Waals surface area (Å²) in [7, 11) is -2.07. The van der Waals surface area contributed by atoms with Crippen LogP contribution >= 0.6 is 77.5 Å². The summed E-state index contributed by atoms with van der Waals surface area (Å²) >= 11 is 35.3. The quantitative estimate of drug-likeness (QED) is 0.270. The number of benzene rings is 1. The number of halogens is 6. The Morgan fingerprint density at radius 2 is 0.974 bits per heavy atom. The van der Waals surface area contributed by atoms with E-state index >= 15 is 0 Å². The van der Waals surface area contributed by atoms with Gasteiger partial charge < -0.3 is 0 Å². The van der Waals surface area contributed by atoms with Gasteiger partial charge in [-0.2, -0.15) is 4.62 Å². The van der Waals surface area contributed by atoms with Crippen molar-refractivity contribution in [2.45, 2.75) is 70.8 Å². The fourth-order valence-electron chi connectivity index (χ4n) is 5.64. The fourth-order valence-corrected chi connectivity index (χ4v) is 12.1. The number of aromatic nitrogens is 3. The first-order valence-electron chi connectivity index (χ1n) is 13.3. The van der Waals surface area contributed by atoms with E-state index in [0.717, 1.165) is 50.3 Å². The highest BCUT2D eigenvalue weighted by atomic mass is 35.5. The number of fused-ring (bicyclic) bond motifs is 1. The van der Waals surface area contributed by atoms with Crippen LogP contribution in [-0.4, -0.2) is 101 Å². The van der Waals surface area contributed by atoms with Gasteiger partial charge in [-0.15, -0.1) is 88.7 Å². The molecule has 4 aliphatic rings. The summed E-state index contributed by atoms with van der Waals surface area (Å²) in [6.45, 7) is 6.79. The van der Waals surface area contributed by atoms with Gasteiger partial charge in [0.1, 0.15) is 11.0 Å². The van der Waals surface area contributed by atoms with E-state index in [1.807, 2.05) is 18.2 Å². The van der Waals surface area contributed by atoms with Crippen LogP contribution < -0.4 is 4.62 Å². The summed E-state index contributed by atoms with van der Waals surface area (Å²) < 4.78 is 14.9. The molecule has 0 bridgehead atoms. The molecule has 7 nitrogen and oxygen atoms in total. The number of rotatable bonds is 5. The molecule has 4 fully saturated rings. The smallest absolute Gasteiger partial charge is 0.183 e. The van der Waals surface area contributed by atoms with Gasteiger partial charge in [-0.1, -0.05) is 12.1 Å². The minimum Gasteiger partial charge on any atom is -0.183 e. The Hall–Kier alpha value is 0.470. The molecule has 0 unspecified atom stereocenters. The lowest BCUT2D eigenvalue weighted by atomic mass is 9.97. The molecule has 0 amide bonds. The molecule has 0 radical (unpaired) electrons. The minimum absolute atomic E-state index is 0.437. The van der Waals surface area contributed by atoms with Crippen LogP contribution in [-0.2, 0) is 0 Å². The molecule has 0 atom stereocenters. The van der Waals surface area contributed by atoms with Crippen LogP contribution in [0.3, 0.4) is 0 Å². The SMILES string of the molecule is ClC1C(Cl)C(Cl)C(Cl)C(Cl)C1Cl.c1ccc2c(c1)nnn2O[P+](N1CCCC1)(N1CCCC1)N1CCCC1.